The Kier molecular flexibility index (Phi) is 5.60. The number of benzene rings is 1. The summed E-state index contributed by atoms with van der Waals surface area (Å²) in [6.07, 6.45) is 1.62. The minimum Gasteiger partial charge on any atom is -0.492 e. The average Bonchev–Trinajstić information content (AvgIpc) is 2.61. The van der Waals surface area contributed by atoms with E-state index in [0.717, 1.165) is 0 Å². The zero-order valence-electron chi connectivity index (χ0n) is 13.0. The van der Waals surface area contributed by atoms with Crippen molar-refractivity contribution in [2.75, 3.05) is 37.8 Å². The van der Waals surface area contributed by atoms with Crippen LogP contribution in [0.2, 0.25) is 10.0 Å². The van der Waals surface area contributed by atoms with Crippen LogP contribution in [0.3, 0.4) is 0 Å². The third-order valence-corrected chi connectivity index (χ3v) is 4.31. The summed E-state index contributed by atoms with van der Waals surface area (Å²) in [7, 11) is 0. The van der Waals surface area contributed by atoms with Crippen LogP contribution in [-0.2, 0) is 11.3 Å². The van der Waals surface area contributed by atoms with Gasteiger partial charge in [0.25, 0.3) is 5.56 Å². The van der Waals surface area contributed by atoms with E-state index in [1.807, 2.05) is 4.90 Å². The van der Waals surface area contributed by atoms with Crippen molar-refractivity contribution in [3.63, 3.8) is 0 Å². The van der Waals surface area contributed by atoms with Crippen molar-refractivity contribution in [1.29, 1.82) is 0 Å². The maximum Gasteiger partial charge on any atom is 0.287 e. The fraction of sp³-hybridized carbons (Fsp3) is 0.375. The lowest BCUT2D eigenvalue weighted by Crippen LogP contribution is -2.38. The first-order valence-corrected chi connectivity index (χ1v) is 8.37. The van der Waals surface area contributed by atoms with Gasteiger partial charge in [0.15, 0.2) is 0 Å². The molecule has 0 atom stereocenters. The number of hydrogen-bond acceptors (Lipinski definition) is 5. The van der Waals surface area contributed by atoms with E-state index in [2.05, 4.69) is 5.10 Å². The van der Waals surface area contributed by atoms with Gasteiger partial charge in [0.05, 0.1) is 31.6 Å². The second kappa shape index (κ2) is 7.88. The van der Waals surface area contributed by atoms with Gasteiger partial charge in [-0.25, -0.2) is 4.68 Å². The Morgan fingerprint density at radius 2 is 1.88 bits per heavy atom. The van der Waals surface area contributed by atoms with Gasteiger partial charge in [-0.15, -0.1) is 0 Å². The van der Waals surface area contributed by atoms with E-state index in [-0.39, 0.29) is 10.6 Å². The molecule has 24 heavy (non-hydrogen) atoms. The molecule has 0 amide bonds. The van der Waals surface area contributed by atoms with Crippen LogP contribution in [0.15, 0.2) is 35.3 Å². The zero-order chi connectivity index (χ0) is 16.9. The van der Waals surface area contributed by atoms with E-state index in [4.69, 9.17) is 32.7 Å². The number of nitrogens with zero attached hydrogens (tertiary/aromatic N) is 3. The lowest BCUT2D eigenvalue weighted by atomic mass is 10.3. The molecule has 1 fully saturated rings. The highest BCUT2D eigenvalue weighted by molar-refractivity contribution is 6.33. The number of rotatable bonds is 5. The number of ether oxygens (including phenoxy) is 2. The summed E-state index contributed by atoms with van der Waals surface area (Å²) in [5, 5.41) is 5.02. The Morgan fingerprint density at radius 3 is 2.58 bits per heavy atom. The molecule has 0 radical (unpaired) electrons. The van der Waals surface area contributed by atoms with Gasteiger partial charge >= 0.3 is 0 Å². The highest BCUT2D eigenvalue weighted by atomic mass is 35.5. The number of morpholine rings is 1. The second-order valence-corrected chi connectivity index (χ2v) is 6.09. The maximum atomic E-state index is 12.4. The Hall–Kier alpha value is -1.76. The maximum absolute atomic E-state index is 12.4. The Bertz CT molecular complexity index is 743. The fourth-order valence-corrected chi connectivity index (χ4v) is 2.81. The molecule has 6 nitrogen and oxygen atoms in total. The molecule has 1 aromatic heterocycles. The molecular weight excluding hydrogens is 353 g/mol. The van der Waals surface area contributed by atoms with E-state index in [1.54, 1.807) is 30.5 Å². The van der Waals surface area contributed by atoms with Gasteiger partial charge in [-0.05, 0) is 24.3 Å². The fourth-order valence-electron chi connectivity index (χ4n) is 2.42. The van der Waals surface area contributed by atoms with Crippen molar-refractivity contribution in [1.82, 2.24) is 9.78 Å². The molecule has 1 aromatic carbocycles. The molecule has 8 heteroatoms. The first-order chi connectivity index (χ1) is 11.6. The SMILES string of the molecule is O=c1c(Cl)c(N2CCOCC2)cnn1CCOc1ccc(Cl)cc1. The largest absolute Gasteiger partial charge is 0.492 e. The predicted molar refractivity (Wildman–Crippen MR) is 93.5 cm³/mol. The topological polar surface area (TPSA) is 56.6 Å². The molecule has 128 valence electrons. The van der Waals surface area contributed by atoms with Crippen LogP contribution in [-0.4, -0.2) is 42.7 Å². The number of hydrogen-bond donors (Lipinski definition) is 0. The van der Waals surface area contributed by atoms with Gasteiger partial charge in [-0.2, -0.15) is 5.10 Å². The molecule has 2 heterocycles. The van der Waals surface area contributed by atoms with Crippen molar-refractivity contribution < 1.29 is 9.47 Å². The van der Waals surface area contributed by atoms with E-state index < -0.39 is 0 Å². The van der Waals surface area contributed by atoms with E-state index in [9.17, 15) is 4.79 Å². The highest BCUT2D eigenvalue weighted by Crippen LogP contribution is 2.21. The normalized spacial score (nSPS) is 14.7. The van der Waals surface area contributed by atoms with E-state index >= 15 is 0 Å². The summed E-state index contributed by atoms with van der Waals surface area (Å²) < 4.78 is 12.2. The van der Waals surface area contributed by atoms with Crippen molar-refractivity contribution >= 4 is 28.9 Å². The van der Waals surface area contributed by atoms with Crippen LogP contribution in [0, 0.1) is 0 Å². The van der Waals surface area contributed by atoms with E-state index in [1.165, 1.54) is 4.68 Å². The minimum atomic E-state index is -0.319. The summed E-state index contributed by atoms with van der Waals surface area (Å²) in [6, 6.07) is 7.03. The molecule has 1 saturated heterocycles. The molecule has 0 N–H and O–H groups in total. The lowest BCUT2D eigenvalue weighted by molar-refractivity contribution is 0.122. The Morgan fingerprint density at radius 1 is 1.17 bits per heavy atom. The predicted octanol–water partition coefficient (Wildman–Crippen LogP) is 2.47. The van der Waals surface area contributed by atoms with Crippen molar-refractivity contribution in [2.45, 2.75) is 6.54 Å². The summed E-state index contributed by atoms with van der Waals surface area (Å²) in [5.74, 6) is 0.684. The number of anilines is 1. The van der Waals surface area contributed by atoms with Gasteiger partial charge in [-0.3, -0.25) is 4.79 Å². The molecule has 2 aromatic rings. The third kappa shape index (κ3) is 4.01. The third-order valence-electron chi connectivity index (χ3n) is 3.70. The summed E-state index contributed by atoms with van der Waals surface area (Å²) >= 11 is 12.1. The quantitative estimate of drug-likeness (QED) is 0.810. The lowest BCUT2D eigenvalue weighted by Gasteiger charge is -2.29. The van der Waals surface area contributed by atoms with Crippen LogP contribution in [0.5, 0.6) is 5.75 Å². The minimum absolute atomic E-state index is 0.179. The van der Waals surface area contributed by atoms with Crippen molar-refractivity contribution in [3.05, 3.63) is 50.9 Å². The van der Waals surface area contributed by atoms with Crippen LogP contribution >= 0.6 is 23.2 Å². The summed E-state index contributed by atoms with van der Waals surface area (Å²) in [6.45, 7) is 3.25. The monoisotopic (exact) mass is 369 g/mol. The standard InChI is InChI=1S/C16H17Cl2N3O3/c17-12-1-3-13(4-2-12)24-10-7-21-16(22)15(18)14(11-19-21)20-5-8-23-9-6-20/h1-4,11H,5-10H2. The molecule has 3 rings (SSSR count). The number of halogens is 2. The van der Waals surface area contributed by atoms with Gasteiger partial charge in [0.1, 0.15) is 17.4 Å². The molecule has 0 aliphatic carbocycles. The highest BCUT2D eigenvalue weighted by Gasteiger charge is 2.17. The molecule has 1 aliphatic heterocycles. The van der Waals surface area contributed by atoms with Crippen molar-refractivity contribution in [3.8, 4) is 5.75 Å². The zero-order valence-corrected chi connectivity index (χ0v) is 14.5. The van der Waals surface area contributed by atoms with Gasteiger partial charge < -0.3 is 14.4 Å². The van der Waals surface area contributed by atoms with Crippen LogP contribution in [0.25, 0.3) is 0 Å². The molecule has 0 saturated carbocycles. The Balaban J connectivity index is 1.64. The van der Waals surface area contributed by atoms with Crippen molar-refractivity contribution in [2.24, 2.45) is 0 Å². The smallest absolute Gasteiger partial charge is 0.287 e. The first-order valence-electron chi connectivity index (χ1n) is 7.62. The average molecular weight is 370 g/mol. The van der Waals surface area contributed by atoms with Gasteiger partial charge in [0.2, 0.25) is 0 Å². The molecular formula is C16H17Cl2N3O3. The molecule has 0 spiro atoms. The van der Waals surface area contributed by atoms with E-state index in [0.29, 0.717) is 55.9 Å². The molecule has 0 unspecified atom stereocenters. The first kappa shape index (κ1) is 17.1. The van der Waals surface area contributed by atoms with Gasteiger partial charge in [-0.1, -0.05) is 23.2 Å². The van der Waals surface area contributed by atoms with Gasteiger partial charge in [0, 0.05) is 18.1 Å². The second-order valence-electron chi connectivity index (χ2n) is 5.27. The number of aromatic nitrogens is 2. The summed E-state index contributed by atoms with van der Waals surface area (Å²) in [4.78, 5) is 14.4. The van der Waals surface area contributed by atoms with Crippen LogP contribution < -0.4 is 15.2 Å². The van der Waals surface area contributed by atoms with Crippen LogP contribution in [0.1, 0.15) is 0 Å². The summed E-state index contributed by atoms with van der Waals surface area (Å²) in [5.41, 5.74) is 0.334. The van der Waals surface area contributed by atoms with Crippen LogP contribution in [0.4, 0.5) is 5.69 Å². The molecule has 1 aliphatic rings. The molecule has 0 bridgehead atoms. The Labute approximate surface area is 149 Å².